The van der Waals surface area contributed by atoms with Crippen LogP contribution in [0.5, 0.6) is 0 Å². The number of pyridine rings is 1. The van der Waals surface area contributed by atoms with Gasteiger partial charge >= 0.3 is 0 Å². The molecule has 2 heteroatoms. The van der Waals surface area contributed by atoms with Gasteiger partial charge in [0.1, 0.15) is 5.49 Å². The summed E-state index contributed by atoms with van der Waals surface area (Å²) in [7, 11) is 1.95. The zero-order chi connectivity index (χ0) is 7.40. The number of hydrogen-bond donors (Lipinski definition) is 0. The summed E-state index contributed by atoms with van der Waals surface area (Å²) in [6.07, 6.45) is 3.48. The van der Waals surface area contributed by atoms with Gasteiger partial charge in [-0.05, 0) is 12.1 Å². The van der Waals surface area contributed by atoms with Crippen molar-refractivity contribution in [2.24, 2.45) is 12.0 Å². The third-order valence-electron chi connectivity index (χ3n) is 1.25. The van der Waals surface area contributed by atoms with Crippen LogP contribution in [0.2, 0.25) is 0 Å². The zero-order valence-corrected chi connectivity index (χ0v) is 5.99. The largest absolute Gasteiger partial charge is 0.336 e. The van der Waals surface area contributed by atoms with Crippen LogP contribution in [0, 0.1) is 0 Å². The summed E-state index contributed by atoms with van der Waals surface area (Å²) in [5, 5.41) is 0. The predicted molar refractivity (Wildman–Crippen MR) is 41.2 cm³/mol. The van der Waals surface area contributed by atoms with Crippen molar-refractivity contribution < 1.29 is 0 Å². The van der Waals surface area contributed by atoms with E-state index in [9.17, 15) is 0 Å². The van der Waals surface area contributed by atoms with Crippen molar-refractivity contribution in [3.63, 3.8) is 0 Å². The van der Waals surface area contributed by atoms with Crippen LogP contribution in [-0.2, 0) is 7.05 Å². The van der Waals surface area contributed by atoms with E-state index < -0.39 is 0 Å². The molecule has 1 aromatic heterocycles. The van der Waals surface area contributed by atoms with Gasteiger partial charge in [-0.3, -0.25) is 0 Å². The Morgan fingerprint density at radius 3 is 3.00 bits per heavy atom. The van der Waals surface area contributed by atoms with Crippen LogP contribution in [0.25, 0.3) is 0 Å². The Morgan fingerprint density at radius 2 is 2.40 bits per heavy atom. The summed E-state index contributed by atoms with van der Waals surface area (Å²) in [5.41, 5.74) is 0.914. The second-order valence-electron chi connectivity index (χ2n) is 1.98. The predicted octanol–water partition coefficient (Wildman–Crippen LogP) is 1.07. The van der Waals surface area contributed by atoms with Crippen molar-refractivity contribution in [1.29, 1.82) is 0 Å². The number of rotatable bonds is 1. The van der Waals surface area contributed by atoms with Gasteiger partial charge in [0.05, 0.1) is 0 Å². The molecule has 0 aromatic carbocycles. The average Bonchev–Trinajstić information content (AvgIpc) is 1.94. The molecule has 0 radical (unpaired) electrons. The highest BCUT2D eigenvalue weighted by molar-refractivity contribution is 4.92. The van der Waals surface area contributed by atoms with Gasteiger partial charge in [-0.2, -0.15) is 0 Å². The van der Waals surface area contributed by atoms with E-state index in [4.69, 9.17) is 0 Å². The normalized spacial score (nSPS) is 11.5. The Kier molecular flexibility index (Phi) is 2.05. The van der Waals surface area contributed by atoms with E-state index in [1.165, 1.54) is 6.20 Å². The molecule has 10 heavy (non-hydrogen) atoms. The Morgan fingerprint density at radius 1 is 1.60 bits per heavy atom. The standard InChI is InChI=1S/C8H10N2/c1-3-9-8-6-4-5-7-10(8)2/h3-7H,1H2,2H3/b9-8-. The Hall–Kier alpha value is -1.31. The van der Waals surface area contributed by atoms with Crippen LogP contribution in [0.15, 0.2) is 42.2 Å². The summed E-state index contributed by atoms with van der Waals surface area (Å²) in [6.45, 7) is 3.52. The molecule has 0 aliphatic rings. The highest BCUT2D eigenvalue weighted by Gasteiger charge is 1.79. The maximum atomic E-state index is 4.03. The van der Waals surface area contributed by atoms with Crippen molar-refractivity contribution in [1.82, 2.24) is 4.57 Å². The van der Waals surface area contributed by atoms with Crippen LogP contribution >= 0.6 is 0 Å². The third kappa shape index (κ3) is 1.35. The maximum absolute atomic E-state index is 4.03. The molecule has 0 atom stereocenters. The van der Waals surface area contributed by atoms with Crippen LogP contribution in [0.1, 0.15) is 0 Å². The fraction of sp³-hybridized carbons (Fsp3) is 0.125. The molecule has 0 amide bonds. The number of aryl methyl sites for hydroxylation is 1. The molecule has 0 spiro atoms. The van der Waals surface area contributed by atoms with Crippen molar-refractivity contribution in [2.75, 3.05) is 0 Å². The molecule has 0 aliphatic carbocycles. The summed E-state index contributed by atoms with van der Waals surface area (Å²) >= 11 is 0. The van der Waals surface area contributed by atoms with Gasteiger partial charge in [0.2, 0.25) is 0 Å². The molecule has 2 nitrogen and oxygen atoms in total. The molecule has 1 rings (SSSR count). The lowest BCUT2D eigenvalue weighted by molar-refractivity contribution is 0.834. The maximum Gasteiger partial charge on any atom is 0.132 e. The van der Waals surface area contributed by atoms with E-state index >= 15 is 0 Å². The Labute approximate surface area is 60.2 Å². The van der Waals surface area contributed by atoms with Gasteiger partial charge in [0.25, 0.3) is 0 Å². The summed E-state index contributed by atoms with van der Waals surface area (Å²) < 4.78 is 1.93. The minimum atomic E-state index is 0.914. The van der Waals surface area contributed by atoms with E-state index in [1.807, 2.05) is 36.0 Å². The minimum Gasteiger partial charge on any atom is -0.336 e. The van der Waals surface area contributed by atoms with E-state index in [1.54, 1.807) is 0 Å². The molecular weight excluding hydrogens is 124 g/mol. The quantitative estimate of drug-likeness (QED) is 0.546. The second-order valence-corrected chi connectivity index (χ2v) is 1.98. The van der Waals surface area contributed by atoms with Gasteiger partial charge in [-0.15, -0.1) is 0 Å². The molecule has 0 fully saturated rings. The number of hydrogen-bond acceptors (Lipinski definition) is 1. The Balaban J connectivity index is 3.28. The van der Waals surface area contributed by atoms with E-state index in [0.717, 1.165) is 5.49 Å². The first-order chi connectivity index (χ1) is 4.84. The van der Waals surface area contributed by atoms with Gasteiger partial charge in [0, 0.05) is 19.4 Å². The third-order valence-corrected chi connectivity index (χ3v) is 1.25. The first-order valence-corrected chi connectivity index (χ1v) is 3.11. The number of nitrogens with zero attached hydrogens (tertiary/aromatic N) is 2. The van der Waals surface area contributed by atoms with Gasteiger partial charge in [-0.1, -0.05) is 12.6 Å². The van der Waals surface area contributed by atoms with E-state index in [0.29, 0.717) is 0 Å². The highest BCUT2D eigenvalue weighted by atomic mass is 15.0. The van der Waals surface area contributed by atoms with Crippen molar-refractivity contribution in [2.45, 2.75) is 0 Å². The highest BCUT2D eigenvalue weighted by Crippen LogP contribution is 1.76. The van der Waals surface area contributed by atoms with Crippen LogP contribution in [-0.4, -0.2) is 4.57 Å². The summed E-state index contributed by atoms with van der Waals surface area (Å²) in [4.78, 5) is 4.03. The van der Waals surface area contributed by atoms with E-state index in [2.05, 4.69) is 11.6 Å². The molecule has 0 saturated carbocycles. The van der Waals surface area contributed by atoms with Crippen LogP contribution in [0.4, 0.5) is 0 Å². The number of aromatic nitrogens is 1. The summed E-state index contributed by atoms with van der Waals surface area (Å²) in [5.74, 6) is 0. The summed E-state index contributed by atoms with van der Waals surface area (Å²) in [6, 6.07) is 5.84. The molecule has 0 aliphatic heterocycles. The first kappa shape index (κ1) is 6.81. The molecule has 0 N–H and O–H groups in total. The zero-order valence-electron chi connectivity index (χ0n) is 5.99. The lowest BCUT2D eigenvalue weighted by Crippen LogP contribution is -2.14. The van der Waals surface area contributed by atoms with Crippen LogP contribution in [0.3, 0.4) is 0 Å². The molecular formula is C8H10N2. The van der Waals surface area contributed by atoms with Gasteiger partial charge < -0.3 is 4.57 Å². The van der Waals surface area contributed by atoms with Gasteiger partial charge in [0.15, 0.2) is 0 Å². The van der Waals surface area contributed by atoms with Crippen molar-refractivity contribution >= 4 is 0 Å². The minimum absolute atomic E-state index is 0.914. The smallest absolute Gasteiger partial charge is 0.132 e. The van der Waals surface area contributed by atoms with Crippen molar-refractivity contribution in [3.05, 3.63) is 42.7 Å². The fourth-order valence-corrected chi connectivity index (χ4v) is 0.742. The first-order valence-electron chi connectivity index (χ1n) is 3.11. The van der Waals surface area contributed by atoms with Crippen molar-refractivity contribution in [3.8, 4) is 0 Å². The second kappa shape index (κ2) is 3.01. The average molecular weight is 134 g/mol. The lowest BCUT2D eigenvalue weighted by Gasteiger charge is -1.94. The molecule has 0 saturated heterocycles. The molecule has 0 unspecified atom stereocenters. The van der Waals surface area contributed by atoms with Crippen LogP contribution < -0.4 is 5.49 Å². The molecule has 0 bridgehead atoms. The topological polar surface area (TPSA) is 17.3 Å². The van der Waals surface area contributed by atoms with Gasteiger partial charge in [-0.25, -0.2) is 4.99 Å². The fourth-order valence-electron chi connectivity index (χ4n) is 0.742. The molecule has 52 valence electrons. The lowest BCUT2D eigenvalue weighted by atomic mass is 10.5. The Bertz CT molecular complexity index is 283. The molecule has 1 heterocycles. The SMILES string of the molecule is C=C/N=c1/ccccn1C. The monoisotopic (exact) mass is 134 g/mol. The van der Waals surface area contributed by atoms with E-state index in [-0.39, 0.29) is 0 Å². The molecule has 1 aromatic rings.